The second-order valence-electron chi connectivity index (χ2n) is 5.33. The van der Waals surface area contributed by atoms with Gasteiger partial charge in [-0.15, -0.1) is 0 Å². The highest BCUT2D eigenvalue weighted by molar-refractivity contribution is 7.90. The molecule has 0 aromatic heterocycles. The topological polar surface area (TPSA) is 63.2 Å². The van der Waals surface area contributed by atoms with Crippen LogP contribution in [0, 0.1) is 6.92 Å². The number of benzene rings is 2. The van der Waals surface area contributed by atoms with E-state index in [1.165, 1.54) is 18.2 Å². The Bertz CT molecular complexity index is 860. The minimum absolute atomic E-state index is 0.0488. The van der Waals surface area contributed by atoms with E-state index in [-0.39, 0.29) is 21.4 Å². The normalized spacial score (nSPS) is 11.3. The fourth-order valence-electron chi connectivity index (χ4n) is 2.32. The number of hydrogen-bond donors (Lipinski definition) is 1. The molecule has 2 aromatic carbocycles. The zero-order chi connectivity index (χ0) is 17.2. The van der Waals surface area contributed by atoms with E-state index in [1.54, 1.807) is 0 Å². The first-order chi connectivity index (χ1) is 10.7. The molecule has 2 aromatic rings. The molecule has 0 aliphatic rings. The number of aryl methyl sites for hydroxylation is 2. The summed E-state index contributed by atoms with van der Waals surface area (Å²) < 4.78 is 23.5. The summed E-state index contributed by atoms with van der Waals surface area (Å²) in [4.78, 5) is 12.4. The van der Waals surface area contributed by atoms with E-state index >= 15 is 0 Å². The van der Waals surface area contributed by atoms with Gasteiger partial charge in [0.2, 0.25) is 0 Å². The van der Waals surface area contributed by atoms with Gasteiger partial charge in [0.05, 0.1) is 9.92 Å². The van der Waals surface area contributed by atoms with Crippen molar-refractivity contribution in [3.63, 3.8) is 0 Å². The monoisotopic (exact) mass is 351 g/mol. The summed E-state index contributed by atoms with van der Waals surface area (Å²) in [5.41, 5.74) is 2.99. The molecule has 0 fully saturated rings. The Balaban J connectivity index is 2.40. The zero-order valence-corrected chi connectivity index (χ0v) is 14.8. The molecular weight excluding hydrogens is 334 g/mol. The van der Waals surface area contributed by atoms with Crippen LogP contribution in [0.2, 0.25) is 5.02 Å². The van der Waals surface area contributed by atoms with Crippen LogP contribution in [0.15, 0.2) is 41.3 Å². The lowest BCUT2D eigenvalue weighted by molar-refractivity contribution is 0.102. The molecular formula is C17H18ClNO3S. The Labute approximate surface area is 141 Å². The molecule has 122 valence electrons. The number of anilines is 1. The molecule has 0 saturated carbocycles. The maximum Gasteiger partial charge on any atom is 0.255 e. The average molecular weight is 352 g/mol. The summed E-state index contributed by atoms with van der Waals surface area (Å²) >= 11 is 5.91. The number of para-hydroxylation sites is 1. The lowest BCUT2D eigenvalue weighted by Gasteiger charge is -2.13. The Morgan fingerprint density at radius 3 is 2.52 bits per heavy atom. The van der Waals surface area contributed by atoms with Gasteiger partial charge in [-0.05, 0) is 42.7 Å². The molecule has 23 heavy (non-hydrogen) atoms. The van der Waals surface area contributed by atoms with Crippen molar-refractivity contribution in [3.8, 4) is 0 Å². The van der Waals surface area contributed by atoms with Gasteiger partial charge >= 0.3 is 0 Å². The van der Waals surface area contributed by atoms with Crippen LogP contribution >= 0.6 is 11.6 Å². The van der Waals surface area contributed by atoms with Crippen molar-refractivity contribution in [1.82, 2.24) is 0 Å². The molecule has 1 amide bonds. The predicted octanol–water partition coefficient (Wildman–Crippen LogP) is 3.87. The minimum atomic E-state index is -3.50. The van der Waals surface area contributed by atoms with E-state index in [0.717, 1.165) is 29.5 Å². The summed E-state index contributed by atoms with van der Waals surface area (Å²) in [6.45, 7) is 3.92. The molecule has 1 N–H and O–H groups in total. The fraction of sp³-hybridized carbons (Fsp3) is 0.235. The SMILES string of the molecule is CCc1cccc(C)c1NC(=O)c1ccc(Cl)c(S(C)(=O)=O)c1. The molecule has 0 aliphatic carbocycles. The Kier molecular flexibility index (Phi) is 5.12. The maximum atomic E-state index is 12.5. The van der Waals surface area contributed by atoms with Crippen molar-refractivity contribution < 1.29 is 13.2 Å². The number of rotatable bonds is 4. The summed E-state index contributed by atoms with van der Waals surface area (Å²) in [6.07, 6.45) is 1.85. The van der Waals surface area contributed by atoms with E-state index in [0.29, 0.717) is 0 Å². The quantitative estimate of drug-likeness (QED) is 0.909. The number of nitrogens with one attached hydrogen (secondary N) is 1. The van der Waals surface area contributed by atoms with Gasteiger partial charge in [-0.1, -0.05) is 36.7 Å². The lowest BCUT2D eigenvalue weighted by atomic mass is 10.1. The maximum absolute atomic E-state index is 12.5. The van der Waals surface area contributed by atoms with Gasteiger partial charge < -0.3 is 5.32 Å². The standard InChI is InChI=1S/C17H18ClNO3S/c1-4-12-7-5-6-11(2)16(12)19-17(20)13-8-9-14(18)15(10-13)23(3,21)22/h5-10H,4H2,1-3H3,(H,19,20). The Morgan fingerprint density at radius 1 is 1.22 bits per heavy atom. The van der Waals surface area contributed by atoms with Gasteiger partial charge in [0.15, 0.2) is 9.84 Å². The summed E-state index contributed by atoms with van der Waals surface area (Å²) in [6, 6.07) is 10.0. The smallest absolute Gasteiger partial charge is 0.255 e. The number of hydrogen-bond acceptors (Lipinski definition) is 3. The van der Waals surface area contributed by atoms with E-state index in [2.05, 4.69) is 5.32 Å². The number of carbonyl (C=O) groups is 1. The van der Waals surface area contributed by atoms with Crippen molar-refractivity contribution in [2.75, 3.05) is 11.6 Å². The molecule has 0 bridgehead atoms. The van der Waals surface area contributed by atoms with E-state index in [1.807, 2.05) is 32.0 Å². The van der Waals surface area contributed by atoms with Crippen molar-refractivity contribution in [2.24, 2.45) is 0 Å². The van der Waals surface area contributed by atoms with Gasteiger partial charge in [-0.25, -0.2) is 8.42 Å². The summed E-state index contributed by atoms with van der Waals surface area (Å²) in [5.74, 6) is -0.365. The first kappa shape index (κ1) is 17.5. The van der Waals surface area contributed by atoms with E-state index in [4.69, 9.17) is 11.6 Å². The van der Waals surface area contributed by atoms with Crippen LogP contribution in [-0.4, -0.2) is 20.6 Å². The van der Waals surface area contributed by atoms with Crippen LogP contribution in [-0.2, 0) is 16.3 Å². The van der Waals surface area contributed by atoms with Gasteiger partial charge in [0, 0.05) is 17.5 Å². The molecule has 0 unspecified atom stereocenters. The van der Waals surface area contributed by atoms with Crippen molar-refractivity contribution in [3.05, 3.63) is 58.1 Å². The van der Waals surface area contributed by atoms with Crippen LogP contribution in [0.3, 0.4) is 0 Å². The average Bonchev–Trinajstić information content (AvgIpc) is 2.48. The third kappa shape index (κ3) is 3.92. The molecule has 0 heterocycles. The zero-order valence-electron chi connectivity index (χ0n) is 13.2. The van der Waals surface area contributed by atoms with Crippen LogP contribution in [0.4, 0.5) is 5.69 Å². The Morgan fingerprint density at radius 2 is 1.91 bits per heavy atom. The van der Waals surface area contributed by atoms with Gasteiger partial charge in [-0.2, -0.15) is 0 Å². The molecule has 4 nitrogen and oxygen atoms in total. The van der Waals surface area contributed by atoms with Crippen molar-refractivity contribution in [2.45, 2.75) is 25.2 Å². The van der Waals surface area contributed by atoms with Crippen molar-refractivity contribution >= 4 is 33.0 Å². The second kappa shape index (κ2) is 6.72. The van der Waals surface area contributed by atoms with Crippen LogP contribution in [0.1, 0.15) is 28.4 Å². The number of halogens is 1. The van der Waals surface area contributed by atoms with E-state index in [9.17, 15) is 13.2 Å². The second-order valence-corrected chi connectivity index (χ2v) is 7.73. The van der Waals surface area contributed by atoms with E-state index < -0.39 is 9.84 Å². The number of amides is 1. The molecule has 0 radical (unpaired) electrons. The highest BCUT2D eigenvalue weighted by Gasteiger charge is 2.17. The molecule has 0 atom stereocenters. The summed E-state index contributed by atoms with van der Waals surface area (Å²) in [7, 11) is -3.50. The number of sulfone groups is 1. The van der Waals surface area contributed by atoms with Gasteiger partial charge in [0.1, 0.15) is 0 Å². The fourth-order valence-corrected chi connectivity index (χ4v) is 3.62. The lowest BCUT2D eigenvalue weighted by Crippen LogP contribution is -2.15. The summed E-state index contributed by atoms with van der Waals surface area (Å²) in [5, 5.41) is 2.97. The predicted molar refractivity (Wildman–Crippen MR) is 93.1 cm³/mol. The highest BCUT2D eigenvalue weighted by Crippen LogP contribution is 2.25. The first-order valence-electron chi connectivity index (χ1n) is 7.13. The van der Waals surface area contributed by atoms with Gasteiger partial charge in [0.25, 0.3) is 5.91 Å². The van der Waals surface area contributed by atoms with Gasteiger partial charge in [-0.3, -0.25) is 4.79 Å². The number of carbonyl (C=O) groups excluding carboxylic acids is 1. The molecule has 0 spiro atoms. The molecule has 6 heteroatoms. The molecule has 0 aliphatic heterocycles. The largest absolute Gasteiger partial charge is 0.321 e. The third-order valence-corrected chi connectivity index (χ3v) is 5.15. The highest BCUT2D eigenvalue weighted by atomic mass is 35.5. The van der Waals surface area contributed by atoms with Crippen LogP contribution in [0.5, 0.6) is 0 Å². The van der Waals surface area contributed by atoms with Crippen molar-refractivity contribution in [1.29, 1.82) is 0 Å². The Hall–Kier alpha value is -1.85. The first-order valence-corrected chi connectivity index (χ1v) is 9.40. The van der Waals surface area contributed by atoms with Crippen LogP contribution < -0.4 is 5.32 Å². The molecule has 0 saturated heterocycles. The molecule has 2 rings (SSSR count). The third-order valence-electron chi connectivity index (χ3n) is 3.57. The van der Waals surface area contributed by atoms with Crippen LogP contribution in [0.25, 0.3) is 0 Å². The minimum Gasteiger partial charge on any atom is -0.321 e.